The molecule has 3 rings (SSSR count). The molecule has 18 heavy (non-hydrogen) atoms. The molecular weight excluding hydrogens is 224 g/mol. The summed E-state index contributed by atoms with van der Waals surface area (Å²) in [7, 11) is 1.70. The van der Waals surface area contributed by atoms with Crippen molar-refractivity contribution in [3.8, 4) is 5.75 Å². The SMILES string of the molecule is COc1ccc2c(C)nc(N3CCCC3)cc2c1. The van der Waals surface area contributed by atoms with E-state index in [1.807, 2.05) is 6.07 Å². The second kappa shape index (κ2) is 4.48. The van der Waals surface area contributed by atoms with Crippen LogP contribution >= 0.6 is 0 Å². The molecule has 2 aromatic rings. The molecule has 3 nitrogen and oxygen atoms in total. The van der Waals surface area contributed by atoms with Crippen LogP contribution in [-0.2, 0) is 0 Å². The van der Waals surface area contributed by atoms with Crippen LogP contribution in [0, 0.1) is 6.92 Å². The summed E-state index contributed by atoms with van der Waals surface area (Å²) in [5, 5.41) is 2.42. The Hall–Kier alpha value is -1.77. The van der Waals surface area contributed by atoms with E-state index in [1.165, 1.54) is 23.6 Å². The van der Waals surface area contributed by atoms with Gasteiger partial charge in [-0.05, 0) is 49.4 Å². The third-order valence-corrected chi connectivity index (χ3v) is 3.65. The number of anilines is 1. The first-order chi connectivity index (χ1) is 8.78. The van der Waals surface area contributed by atoms with Crippen molar-refractivity contribution in [2.75, 3.05) is 25.1 Å². The van der Waals surface area contributed by atoms with Crippen molar-refractivity contribution in [3.63, 3.8) is 0 Å². The maximum Gasteiger partial charge on any atom is 0.129 e. The average molecular weight is 242 g/mol. The van der Waals surface area contributed by atoms with Crippen LogP contribution in [0.25, 0.3) is 10.8 Å². The van der Waals surface area contributed by atoms with Gasteiger partial charge in [0.2, 0.25) is 0 Å². The molecule has 0 aliphatic carbocycles. The zero-order chi connectivity index (χ0) is 12.5. The molecule has 1 aliphatic rings. The normalized spacial score (nSPS) is 15.3. The van der Waals surface area contributed by atoms with Gasteiger partial charge in [0.25, 0.3) is 0 Å². The van der Waals surface area contributed by atoms with Crippen LogP contribution in [0.3, 0.4) is 0 Å². The van der Waals surface area contributed by atoms with Gasteiger partial charge >= 0.3 is 0 Å². The lowest BCUT2D eigenvalue weighted by Gasteiger charge is -2.18. The minimum absolute atomic E-state index is 0.903. The summed E-state index contributed by atoms with van der Waals surface area (Å²) in [6.07, 6.45) is 2.55. The maximum absolute atomic E-state index is 5.29. The fourth-order valence-electron chi connectivity index (χ4n) is 2.63. The van der Waals surface area contributed by atoms with Gasteiger partial charge in [0.05, 0.1) is 7.11 Å². The summed E-state index contributed by atoms with van der Waals surface area (Å²) < 4.78 is 5.29. The Morgan fingerprint density at radius 3 is 2.67 bits per heavy atom. The van der Waals surface area contributed by atoms with Crippen LogP contribution in [0.2, 0.25) is 0 Å². The number of methoxy groups -OCH3 is 1. The standard InChI is InChI=1S/C15H18N2O/c1-11-14-6-5-13(18-2)9-12(14)10-15(16-11)17-7-3-4-8-17/h5-6,9-10H,3-4,7-8H2,1-2H3. The molecule has 94 valence electrons. The van der Waals surface area contributed by atoms with E-state index in [0.29, 0.717) is 0 Å². The van der Waals surface area contributed by atoms with Gasteiger partial charge in [-0.25, -0.2) is 4.98 Å². The van der Waals surface area contributed by atoms with E-state index in [9.17, 15) is 0 Å². The van der Waals surface area contributed by atoms with Gasteiger partial charge < -0.3 is 9.64 Å². The molecule has 2 heterocycles. The maximum atomic E-state index is 5.29. The number of rotatable bonds is 2. The summed E-state index contributed by atoms with van der Waals surface area (Å²) in [4.78, 5) is 7.09. The molecule has 0 saturated carbocycles. The minimum atomic E-state index is 0.903. The first-order valence-electron chi connectivity index (χ1n) is 6.48. The predicted molar refractivity (Wildman–Crippen MR) is 74.5 cm³/mol. The third-order valence-electron chi connectivity index (χ3n) is 3.65. The molecule has 0 amide bonds. The van der Waals surface area contributed by atoms with E-state index in [-0.39, 0.29) is 0 Å². The zero-order valence-electron chi connectivity index (χ0n) is 10.9. The summed E-state index contributed by atoms with van der Waals surface area (Å²) in [5.74, 6) is 2.01. The van der Waals surface area contributed by atoms with E-state index in [1.54, 1.807) is 7.11 Å². The fourth-order valence-corrected chi connectivity index (χ4v) is 2.63. The van der Waals surface area contributed by atoms with Crippen molar-refractivity contribution in [2.45, 2.75) is 19.8 Å². The highest BCUT2D eigenvalue weighted by atomic mass is 16.5. The van der Waals surface area contributed by atoms with Crippen LogP contribution in [-0.4, -0.2) is 25.2 Å². The number of nitrogens with zero attached hydrogens (tertiary/aromatic N) is 2. The predicted octanol–water partition coefficient (Wildman–Crippen LogP) is 3.15. The van der Waals surface area contributed by atoms with Crippen molar-refractivity contribution < 1.29 is 4.74 Å². The lowest BCUT2D eigenvalue weighted by atomic mass is 10.1. The number of fused-ring (bicyclic) bond motifs is 1. The van der Waals surface area contributed by atoms with E-state index in [0.717, 1.165) is 30.4 Å². The van der Waals surface area contributed by atoms with Crippen molar-refractivity contribution in [2.24, 2.45) is 0 Å². The highest BCUT2D eigenvalue weighted by molar-refractivity contribution is 5.88. The highest BCUT2D eigenvalue weighted by Gasteiger charge is 2.14. The summed E-state index contributed by atoms with van der Waals surface area (Å²) in [6, 6.07) is 8.34. The Morgan fingerprint density at radius 1 is 1.17 bits per heavy atom. The second-order valence-corrected chi connectivity index (χ2v) is 4.85. The molecule has 3 heteroatoms. The van der Waals surface area contributed by atoms with E-state index < -0.39 is 0 Å². The Balaban J connectivity index is 2.11. The van der Waals surface area contributed by atoms with Crippen LogP contribution in [0.5, 0.6) is 5.75 Å². The number of ether oxygens (including phenoxy) is 1. The van der Waals surface area contributed by atoms with E-state index in [2.05, 4.69) is 30.0 Å². The van der Waals surface area contributed by atoms with Gasteiger partial charge in [-0.1, -0.05) is 0 Å². The highest BCUT2D eigenvalue weighted by Crippen LogP contribution is 2.27. The fraction of sp³-hybridized carbons (Fsp3) is 0.400. The number of benzene rings is 1. The molecule has 1 aromatic heterocycles. The van der Waals surface area contributed by atoms with Crippen LogP contribution in [0.4, 0.5) is 5.82 Å². The van der Waals surface area contributed by atoms with Crippen molar-refractivity contribution in [3.05, 3.63) is 30.0 Å². The minimum Gasteiger partial charge on any atom is -0.497 e. The molecular formula is C15H18N2O. The van der Waals surface area contributed by atoms with Crippen LogP contribution < -0.4 is 9.64 Å². The van der Waals surface area contributed by atoms with Gasteiger partial charge in [-0.3, -0.25) is 0 Å². The van der Waals surface area contributed by atoms with Crippen molar-refractivity contribution in [1.82, 2.24) is 4.98 Å². The molecule has 1 fully saturated rings. The first-order valence-corrected chi connectivity index (χ1v) is 6.48. The van der Waals surface area contributed by atoms with Crippen molar-refractivity contribution >= 4 is 16.6 Å². The summed E-state index contributed by atoms with van der Waals surface area (Å²) in [6.45, 7) is 4.33. The summed E-state index contributed by atoms with van der Waals surface area (Å²) >= 11 is 0. The Morgan fingerprint density at radius 2 is 1.94 bits per heavy atom. The number of hydrogen-bond acceptors (Lipinski definition) is 3. The lowest BCUT2D eigenvalue weighted by molar-refractivity contribution is 0.415. The lowest BCUT2D eigenvalue weighted by Crippen LogP contribution is -2.19. The molecule has 0 unspecified atom stereocenters. The third kappa shape index (κ3) is 1.90. The summed E-state index contributed by atoms with van der Waals surface area (Å²) in [5.41, 5.74) is 1.09. The monoisotopic (exact) mass is 242 g/mol. The second-order valence-electron chi connectivity index (χ2n) is 4.85. The van der Waals surface area contributed by atoms with Gasteiger partial charge in [-0.2, -0.15) is 0 Å². The zero-order valence-corrected chi connectivity index (χ0v) is 10.9. The molecule has 1 saturated heterocycles. The number of aromatic nitrogens is 1. The van der Waals surface area contributed by atoms with Crippen molar-refractivity contribution in [1.29, 1.82) is 0 Å². The molecule has 1 aliphatic heterocycles. The largest absolute Gasteiger partial charge is 0.497 e. The Labute approximate surface area is 107 Å². The number of pyridine rings is 1. The number of hydrogen-bond donors (Lipinski definition) is 0. The molecule has 0 bridgehead atoms. The average Bonchev–Trinajstić information content (AvgIpc) is 2.91. The molecule has 0 spiro atoms. The Kier molecular flexibility index (Phi) is 2.82. The number of aryl methyl sites for hydroxylation is 1. The van der Waals surface area contributed by atoms with Gasteiger partial charge in [0.15, 0.2) is 0 Å². The molecule has 0 N–H and O–H groups in total. The van der Waals surface area contributed by atoms with Gasteiger partial charge in [0.1, 0.15) is 11.6 Å². The molecule has 0 atom stereocenters. The molecule has 1 aromatic carbocycles. The van der Waals surface area contributed by atoms with Gasteiger partial charge in [0, 0.05) is 24.2 Å². The van der Waals surface area contributed by atoms with Crippen LogP contribution in [0.15, 0.2) is 24.3 Å². The quantitative estimate of drug-likeness (QED) is 0.809. The Bertz CT molecular complexity index is 574. The van der Waals surface area contributed by atoms with Crippen LogP contribution in [0.1, 0.15) is 18.5 Å². The first kappa shape index (κ1) is 11.3. The van der Waals surface area contributed by atoms with E-state index >= 15 is 0 Å². The van der Waals surface area contributed by atoms with Gasteiger partial charge in [-0.15, -0.1) is 0 Å². The molecule has 0 radical (unpaired) electrons. The van der Waals surface area contributed by atoms with E-state index in [4.69, 9.17) is 9.72 Å². The smallest absolute Gasteiger partial charge is 0.129 e. The topological polar surface area (TPSA) is 25.4 Å².